The van der Waals surface area contributed by atoms with Gasteiger partial charge in [-0.1, -0.05) is 42.5 Å². The van der Waals surface area contributed by atoms with E-state index in [4.69, 9.17) is 0 Å². The number of anilines is 1. The molecular formula is C17H10BrNO3. The molecular weight excluding hydrogens is 346 g/mol. The monoisotopic (exact) mass is 355 g/mol. The van der Waals surface area contributed by atoms with E-state index in [9.17, 15) is 14.4 Å². The van der Waals surface area contributed by atoms with Gasteiger partial charge >= 0.3 is 0 Å². The van der Waals surface area contributed by atoms with Gasteiger partial charge in [0.15, 0.2) is 0 Å². The van der Waals surface area contributed by atoms with Gasteiger partial charge in [-0.3, -0.25) is 14.4 Å². The zero-order valence-corrected chi connectivity index (χ0v) is 12.9. The summed E-state index contributed by atoms with van der Waals surface area (Å²) < 4.78 is -0.00960. The predicted octanol–water partition coefficient (Wildman–Crippen LogP) is 3.35. The van der Waals surface area contributed by atoms with Gasteiger partial charge in [0.1, 0.15) is 5.57 Å². The van der Waals surface area contributed by atoms with Crippen molar-refractivity contribution in [1.29, 1.82) is 0 Å². The minimum Gasteiger partial charge on any atom is -0.322 e. The number of para-hydroxylation sites is 1. The SMILES string of the molecule is O=C(Nc1ccccc1)C1=C(Br)C(=O)c2ccccc2C1=O. The Morgan fingerprint density at radius 1 is 0.818 bits per heavy atom. The van der Waals surface area contributed by atoms with Crippen LogP contribution in [-0.2, 0) is 4.79 Å². The Kier molecular flexibility index (Phi) is 3.73. The van der Waals surface area contributed by atoms with Crippen molar-refractivity contribution < 1.29 is 14.4 Å². The summed E-state index contributed by atoms with van der Waals surface area (Å²) in [6.45, 7) is 0. The standard InChI is InChI=1S/C17H10BrNO3/c18-14-13(17(22)19-10-6-2-1-3-7-10)15(20)11-8-4-5-9-12(11)16(14)21/h1-9H,(H,19,22). The molecule has 0 heterocycles. The van der Waals surface area contributed by atoms with Gasteiger partial charge in [-0.25, -0.2) is 0 Å². The molecule has 1 aliphatic carbocycles. The molecule has 0 radical (unpaired) electrons. The van der Waals surface area contributed by atoms with Crippen molar-refractivity contribution in [3.63, 3.8) is 0 Å². The van der Waals surface area contributed by atoms with Crippen molar-refractivity contribution in [2.75, 3.05) is 5.32 Å². The van der Waals surface area contributed by atoms with Crippen LogP contribution in [0.3, 0.4) is 0 Å². The molecule has 5 heteroatoms. The van der Waals surface area contributed by atoms with Crippen LogP contribution in [0.5, 0.6) is 0 Å². The van der Waals surface area contributed by atoms with Crippen molar-refractivity contribution in [1.82, 2.24) is 0 Å². The van der Waals surface area contributed by atoms with Crippen LogP contribution in [0.15, 0.2) is 64.7 Å². The van der Waals surface area contributed by atoms with Gasteiger partial charge in [0.2, 0.25) is 11.6 Å². The summed E-state index contributed by atoms with van der Waals surface area (Å²) >= 11 is 3.09. The second-order valence-electron chi connectivity index (χ2n) is 4.71. The highest BCUT2D eigenvalue weighted by Gasteiger charge is 2.34. The molecule has 0 fully saturated rings. The summed E-state index contributed by atoms with van der Waals surface area (Å²) in [6.07, 6.45) is 0. The normalized spacial score (nSPS) is 13.9. The van der Waals surface area contributed by atoms with Gasteiger partial charge in [0.25, 0.3) is 5.91 Å². The van der Waals surface area contributed by atoms with E-state index in [1.54, 1.807) is 48.5 Å². The zero-order valence-electron chi connectivity index (χ0n) is 11.3. The van der Waals surface area contributed by atoms with Crippen LogP contribution in [0, 0.1) is 0 Å². The third-order valence-electron chi connectivity index (χ3n) is 3.32. The molecule has 0 spiro atoms. The second kappa shape index (κ2) is 5.69. The molecule has 2 aromatic rings. The largest absolute Gasteiger partial charge is 0.322 e. The molecule has 108 valence electrons. The van der Waals surface area contributed by atoms with Crippen molar-refractivity contribution >= 4 is 39.1 Å². The van der Waals surface area contributed by atoms with Crippen molar-refractivity contribution in [3.05, 3.63) is 75.8 Å². The Labute approximate surface area is 135 Å². The highest BCUT2D eigenvalue weighted by molar-refractivity contribution is 9.12. The molecule has 1 aliphatic rings. The predicted molar refractivity (Wildman–Crippen MR) is 86.1 cm³/mol. The van der Waals surface area contributed by atoms with Crippen LogP contribution in [-0.4, -0.2) is 17.5 Å². The van der Waals surface area contributed by atoms with E-state index in [0.717, 1.165) is 0 Å². The van der Waals surface area contributed by atoms with Gasteiger partial charge in [0.05, 0.1) is 4.48 Å². The van der Waals surface area contributed by atoms with Crippen LogP contribution in [0.2, 0.25) is 0 Å². The van der Waals surface area contributed by atoms with E-state index in [0.29, 0.717) is 11.3 Å². The molecule has 0 bridgehead atoms. The molecule has 1 N–H and O–H groups in total. The lowest BCUT2D eigenvalue weighted by Gasteiger charge is -2.17. The molecule has 0 saturated heterocycles. The van der Waals surface area contributed by atoms with Crippen LogP contribution in [0.25, 0.3) is 0 Å². The smallest absolute Gasteiger partial charge is 0.260 e. The first-order valence-electron chi connectivity index (χ1n) is 6.54. The van der Waals surface area contributed by atoms with Gasteiger partial charge in [-0.05, 0) is 28.1 Å². The lowest BCUT2D eigenvalue weighted by Crippen LogP contribution is -2.28. The Hall–Kier alpha value is -2.53. The first-order chi connectivity index (χ1) is 10.6. The number of amides is 1. The number of fused-ring (bicyclic) bond motifs is 1. The summed E-state index contributed by atoms with van der Waals surface area (Å²) in [5, 5.41) is 2.62. The van der Waals surface area contributed by atoms with Crippen molar-refractivity contribution in [2.45, 2.75) is 0 Å². The van der Waals surface area contributed by atoms with Crippen LogP contribution >= 0.6 is 15.9 Å². The van der Waals surface area contributed by atoms with Gasteiger partial charge in [-0.15, -0.1) is 0 Å². The van der Waals surface area contributed by atoms with E-state index >= 15 is 0 Å². The quantitative estimate of drug-likeness (QED) is 0.840. The van der Waals surface area contributed by atoms with Crippen molar-refractivity contribution in [3.8, 4) is 0 Å². The number of allylic oxidation sites excluding steroid dienone is 1. The zero-order chi connectivity index (χ0) is 15.7. The number of rotatable bonds is 2. The first kappa shape index (κ1) is 14.4. The van der Waals surface area contributed by atoms with E-state index in [1.165, 1.54) is 0 Å². The van der Waals surface area contributed by atoms with E-state index in [1.807, 2.05) is 6.07 Å². The summed E-state index contributed by atoms with van der Waals surface area (Å²) in [5.41, 5.74) is 0.927. The van der Waals surface area contributed by atoms with Crippen molar-refractivity contribution in [2.24, 2.45) is 0 Å². The minimum atomic E-state index is -0.606. The number of hydrogen-bond acceptors (Lipinski definition) is 3. The molecule has 0 aromatic heterocycles. The average Bonchev–Trinajstić information content (AvgIpc) is 2.54. The fourth-order valence-electron chi connectivity index (χ4n) is 2.26. The maximum atomic E-state index is 12.5. The van der Waals surface area contributed by atoms with Crippen LogP contribution in [0.1, 0.15) is 20.7 Å². The summed E-state index contributed by atoms with van der Waals surface area (Å²) in [7, 11) is 0. The van der Waals surface area contributed by atoms with Gasteiger partial charge in [-0.2, -0.15) is 0 Å². The fourth-order valence-corrected chi connectivity index (χ4v) is 2.84. The molecule has 2 aromatic carbocycles. The number of hydrogen-bond donors (Lipinski definition) is 1. The highest BCUT2D eigenvalue weighted by atomic mass is 79.9. The lowest BCUT2D eigenvalue weighted by molar-refractivity contribution is -0.112. The number of ketones is 2. The van der Waals surface area contributed by atoms with Crippen LogP contribution < -0.4 is 5.32 Å². The second-order valence-corrected chi connectivity index (χ2v) is 5.51. The van der Waals surface area contributed by atoms with Gasteiger partial charge < -0.3 is 5.32 Å². The topological polar surface area (TPSA) is 63.2 Å². The van der Waals surface area contributed by atoms with E-state index < -0.39 is 11.7 Å². The van der Waals surface area contributed by atoms with Crippen LogP contribution in [0.4, 0.5) is 5.69 Å². The number of carbonyl (C=O) groups excluding carboxylic acids is 3. The number of nitrogens with one attached hydrogen (secondary N) is 1. The highest BCUT2D eigenvalue weighted by Crippen LogP contribution is 2.30. The minimum absolute atomic E-state index is 0.00960. The van der Waals surface area contributed by atoms with Gasteiger partial charge in [0, 0.05) is 16.8 Å². The number of carbonyl (C=O) groups is 3. The Morgan fingerprint density at radius 2 is 1.36 bits per heavy atom. The lowest BCUT2D eigenvalue weighted by atomic mass is 9.89. The number of halogens is 1. The Balaban J connectivity index is 2.00. The molecule has 4 nitrogen and oxygen atoms in total. The third-order valence-corrected chi connectivity index (χ3v) is 4.08. The molecule has 0 aliphatic heterocycles. The number of benzene rings is 2. The molecule has 0 atom stereocenters. The molecule has 22 heavy (non-hydrogen) atoms. The molecule has 3 rings (SSSR count). The first-order valence-corrected chi connectivity index (χ1v) is 7.33. The number of Topliss-reactive ketones (excluding diaryl/α,β-unsaturated/α-hetero) is 2. The molecule has 0 unspecified atom stereocenters. The fraction of sp³-hybridized carbons (Fsp3) is 0. The maximum Gasteiger partial charge on any atom is 0.260 e. The Bertz CT molecular complexity index is 825. The average molecular weight is 356 g/mol. The Morgan fingerprint density at radius 3 is 2.00 bits per heavy atom. The summed E-state index contributed by atoms with van der Waals surface area (Å²) in [6, 6.07) is 15.2. The van der Waals surface area contributed by atoms with E-state index in [-0.39, 0.29) is 21.4 Å². The molecule has 0 saturated carbocycles. The molecule has 1 amide bonds. The summed E-state index contributed by atoms with van der Waals surface area (Å²) in [5.74, 6) is -1.44. The summed E-state index contributed by atoms with van der Waals surface area (Å²) in [4.78, 5) is 37.2. The van der Waals surface area contributed by atoms with E-state index in [2.05, 4.69) is 21.2 Å². The maximum absolute atomic E-state index is 12.5. The third kappa shape index (κ3) is 2.40.